The zero-order valence-corrected chi connectivity index (χ0v) is 9.68. The van der Waals surface area contributed by atoms with Gasteiger partial charge in [-0.25, -0.2) is 0 Å². The lowest BCUT2D eigenvalue weighted by Gasteiger charge is -2.34. The predicted octanol–water partition coefficient (Wildman–Crippen LogP) is 2.44. The Bertz CT molecular complexity index is 374. The van der Waals surface area contributed by atoms with Gasteiger partial charge in [-0.3, -0.25) is 4.90 Å². The van der Waals surface area contributed by atoms with E-state index in [1.807, 2.05) is 0 Å². The zero-order chi connectivity index (χ0) is 12.5. The van der Waals surface area contributed by atoms with Crippen LogP contribution in [-0.2, 0) is 0 Å². The van der Waals surface area contributed by atoms with Gasteiger partial charge in [0.05, 0.1) is 0 Å². The number of hydrogen-bond acceptors (Lipinski definition) is 3. The first kappa shape index (κ1) is 12.7. The van der Waals surface area contributed by atoms with Crippen molar-refractivity contribution in [1.29, 1.82) is 0 Å². The Morgan fingerprint density at radius 1 is 1.29 bits per heavy atom. The number of rotatable bonds is 2. The van der Waals surface area contributed by atoms with Crippen molar-refractivity contribution in [3.8, 4) is 0 Å². The molecule has 0 spiro atoms. The van der Waals surface area contributed by atoms with Crippen LogP contribution >= 0.6 is 11.6 Å². The molecule has 3 nitrogen and oxygen atoms in total. The molecule has 1 aromatic rings. The fraction of sp³-hybridized carbons (Fsp3) is 0.600. The van der Waals surface area contributed by atoms with Gasteiger partial charge in [0, 0.05) is 26.2 Å². The summed E-state index contributed by atoms with van der Waals surface area (Å²) < 4.78 is 44.0. The maximum atomic E-state index is 13.0. The second-order valence-corrected chi connectivity index (χ2v) is 4.24. The molecule has 17 heavy (non-hydrogen) atoms. The van der Waals surface area contributed by atoms with Crippen molar-refractivity contribution in [1.82, 2.24) is 10.2 Å². The van der Waals surface area contributed by atoms with E-state index in [2.05, 4.69) is 5.32 Å². The zero-order valence-electron chi connectivity index (χ0n) is 8.93. The molecule has 1 aromatic heterocycles. The van der Waals surface area contributed by atoms with Crippen LogP contribution in [0, 0.1) is 0 Å². The lowest BCUT2D eigenvalue weighted by Crippen LogP contribution is -2.48. The van der Waals surface area contributed by atoms with Gasteiger partial charge in [0.25, 0.3) is 0 Å². The molecule has 0 aliphatic carbocycles. The molecule has 1 fully saturated rings. The van der Waals surface area contributed by atoms with E-state index in [1.165, 1.54) is 17.0 Å². The quantitative estimate of drug-likeness (QED) is 0.893. The molecular formula is C10H12ClF3N2O. The highest BCUT2D eigenvalue weighted by molar-refractivity contribution is 6.28. The average molecular weight is 269 g/mol. The molecule has 0 saturated carbocycles. The highest BCUT2D eigenvalue weighted by Crippen LogP contribution is 2.39. The molecule has 1 aliphatic rings. The van der Waals surface area contributed by atoms with E-state index >= 15 is 0 Å². The maximum absolute atomic E-state index is 13.0. The summed E-state index contributed by atoms with van der Waals surface area (Å²) in [7, 11) is 0. The Kier molecular flexibility index (Phi) is 3.65. The Morgan fingerprint density at radius 3 is 2.41 bits per heavy atom. The Labute approximate surface area is 102 Å². The van der Waals surface area contributed by atoms with Crippen molar-refractivity contribution in [2.24, 2.45) is 0 Å². The van der Waals surface area contributed by atoms with Crippen molar-refractivity contribution in [2.75, 3.05) is 26.2 Å². The molecule has 0 radical (unpaired) electrons. The normalized spacial score (nSPS) is 20.5. The fourth-order valence-corrected chi connectivity index (χ4v) is 2.12. The fourth-order valence-electron chi connectivity index (χ4n) is 1.96. The standard InChI is InChI=1S/C10H12ClF3N2O/c11-8-2-1-7(17-8)9(10(12,13)14)16-5-3-15-4-6-16/h1-2,9,15H,3-6H2/t9-/m0/s1. The molecule has 96 valence electrons. The molecule has 0 unspecified atom stereocenters. The van der Waals surface area contributed by atoms with Crippen LogP contribution in [0.25, 0.3) is 0 Å². The molecule has 0 aromatic carbocycles. The average Bonchev–Trinajstić information content (AvgIpc) is 2.64. The third-order valence-electron chi connectivity index (χ3n) is 2.69. The number of alkyl halides is 3. The van der Waals surface area contributed by atoms with E-state index < -0.39 is 12.2 Å². The second-order valence-electron chi connectivity index (χ2n) is 3.87. The maximum Gasteiger partial charge on any atom is 0.411 e. The SMILES string of the molecule is FC(F)(F)[C@H](c1ccc(Cl)o1)N1CCNCC1. The first-order valence-corrected chi connectivity index (χ1v) is 5.63. The van der Waals surface area contributed by atoms with Gasteiger partial charge in [-0.2, -0.15) is 13.2 Å². The minimum absolute atomic E-state index is 0.0237. The largest absolute Gasteiger partial charge is 0.448 e. The van der Waals surface area contributed by atoms with Gasteiger partial charge in [-0.15, -0.1) is 0 Å². The lowest BCUT2D eigenvalue weighted by molar-refractivity contribution is -0.192. The number of nitrogens with one attached hydrogen (secondary N) is 1. The van der Waals surface area contributed by atoms with Gasteiger partial charge in [-0.1, -0.05) is 0 Å². The van der Waals surface area contributed by atoms with Crippen LogP contribution in [0.1, 0.15) is 11.8 Å². The minimum Gasteiger partial charge on any atom is -0.448 e. The van der Waals surface area contributed by atoms with E-state index in [0.29, 0.717) is 26.2 Å². The molecule has 1 saturated heterocycles. The van der Waals surface area contributed by atoms with Crippen LogP contribution < -0.4 is 5.32 Å². The van der Waals surface area contributed by atoms with E-state index in [4.69, 9.17) is 16.0 Å². The molecule has 1 aliphatic heterocycles. The summed E-state index contributed by atoms with van der Waals surface area (Å²) >= 11 is 5.53. The van der Waals surface area contributed by atoms with Crippen molar-refractivity contribution in [3.05, 3.63) is 23.1 Å². The summed E-state index contributed by atoms with van der Waals surface area (Å²) in [5.74, 6) is -0.149. The Hall–Kier alpha value is -0.720. The van der Waals surface area contributed by atoms with Crippen molar-refractivity contribution < 1.29 is 17.6 Å². The molecule has 0 bridgehead atoms. The van der Waals surface area contributed by atoms with Gasteiger partial charge < -0.3 is 9.73 Å². The molecule has 2 heterocycles. The van der Waals surface area contributed by atoms with E-state index in [0.717, 1.165) is 0 Å². The van der Waals surface area contributed by atoms with Crippen LogP contribution in [0.3, 0.4) is 0 Å². The highest BCUT2D eigenvalue weighted by Gasteiger charge is 2.46. The van der Waals surface area contributed by atoms with Crippen molar-refractivity contribution in [3.63, 3.8) is 0 Å². The van der Waals surface area contributed by atoms with E-state index in [1.54, 1.807) is 0 Å². The smallest absolute Gasteiger partial charge is 0.411 e. The summed E-state index contributed by atoms with van der Waals surface area (Å²) in [6, 6.07) is 0.900. The van der Waals surface area contributed by atoms with Gasteiger partial charge >= 0.3 is 6.18 Å². The highest BCUT2D eigenvalue weighted by atomic mass is 35.5. The Balaban J connectivity index is 2.24. The molecule has 0 amide bonds. The molecule has 2 rings (SSSR count). The van der Waals surface area contributed by atoms with E-state index in [9.17, 15) is 13.2 Å². The van der Waals surface area contributed by atoms with Crippen LogP contribution in [0.4, 0.5) is 13.2 Å². The van der Waals surface area contributed by atoms with Crippen LogP contribution in [0.5, 0.6) is 0 Å². The topological polar surface area (TPSA) is 28.4 Å². The van der Waals surface area contributed by atoms with Gasteiger partial charge in [0.2, 0.25) is 0 Å². The number of halogens is 4. The summed E-state index contributed by atoms with van der Waals surface area (Å²) in [5, 5.41) is 2.99. The Morgan fingerprint density at radius 2 is 1.94 bits per heavy atom. The summed E-state index contributed by atoms with van der Waals surface area (Å²) in [6.07, 6.45) is -4.36. The minimum atomic E-state index is -4.36. The monoisotopic (exact) mass is 268 g/mol. The van der Waals surface area contributed by atoms with E-state index in [-0.39, 0.29) is 11.0 Å². The molecular weight excluding hydrogens is 257 g/mol. The first-order valence-electron chi connectivity index (χ1n) is 5.25. The summed E-state index contributed by atoms with van der Waals surface area (Å²) in [5.41, 5.74) is 0. The lowest BCUT2D eigenvalue weighted by atomic mass is 10.1. The third-order valence-corrected chi connectivity index (χ3v) is 2.89. The number of nitrogens with zero attached hydrogens (tertiary/aromatic N) is 1. The summed E-state index contributed by atoms with van der Waals surface area (Å²) in [4.78, 5) is 1.35. The first-order chi connectivity index (χ1) is 7.98. The summed E-state index contributed by atoms with van der Waals surface area (Å²) in [6.45, 7) is 1.76. The predicted molar refractivity (Wildman–Crippen MR) is 57.0 cm³/mol. The molecule has 7 heteroatoms. The molecule has 1 atom stereocenters. The van der Waals surface area contributed by atoms with Crippen LogP contribution in [-0.4, -0.2) is 37.3 Å². The second kappa shape index (κ2) is 4.88. The molecule has 1 N–H and O–H groups in total. The van der Waals surface area contributed by atoms with Gasteiger partial charge in [0.15, 0.2) is 11.3 Å². The number of furan rings is 1. The van der Waals surface area contributed by atoms with Crippen molar-refractivity contribution in [2.45, 2.75) is 12.2 Å². The van der Waals surface area contributed by atoms with Crippen LogP contribution in [0.2, 0.25) is 5.22 Å². The number of piperazine rings is 1. The van der Waals surface area contributed by atoms with Gasteiger partial charge in [-0.05, 0) is 23.7 Å². The van der Waals surface area contributed by atoms with Crippen LogP contribution in [0.15, 0.2) is 16.5 Å². The van der Waals surface area contributed by atoms with Crippen molar-refractivity contribution >= 4 is 11.6 Å². The third kappa shape index (κ3) is 2.94. The van der Waals surface area contributed by atoms with Gasteiger partial charge in [0.1, 0.15) is 5.76 Å². The number of hydrogen-bond donors (Lipinski definition) is 1.